The Balaban J connectivity index is 1.79. The van der Waals surface area contributed by atoms with E-state index >= 15 is 0 Å². The quantitative estimate of drug-likeness (QED) is 0.612. The Bertz CT molecular complexity index is 775. The van der Waals surface area contributed by atoms with Crippen molar-refractivity contribution in [3.8, 4) is 11.5 Å². The van der Waals surface area contributed by atoms with Crippen LogP contribution in [0.15, 0.2) is 41.9 Å². The average Bonchev–Trinajstić information content (AvgIpc) is 3.25. The lowest BCUT2D eigenvalue weighted by Crippen LogP contribution is -2.49. The zero-order valence-corrected chi connectivity index (χ0v) is 17.3. The Kier molecular flexibility index (Phi) is 6.79. The van der Waals surface area contributed by atoms with Crippen LogP contribution in [0.1, 0.15) is 31.9 Å². The highest BCUT2D eigenvalue weighted by Crippen LogP contribution is 2.31. The summed E-state index contributed by atoms with van der Waals surface area (Å²) in [4.78, 5) is 11.5. The molecule has 1 fully saturated rings. The molecule has 0 amide bonds. The number of aromatic nitrogens is 2. The highest BCUT2D eigenvalue weighted by Gasteiger charge is 2.29. The molecular formula is C21H31N5O2. The van der Waals surface area contributed by atoms with Crippen LogP contribution in [-0.4, -0.2) is 54.3 Å². The first-order valence-corrected chi connectivity index (χ1v) is 9.88. The molecule has 7 heteroatoms. The Morgan fingerprint density at radius 1 is 1.32 bits per heavy atom. The van der Waals surface area contributed by atoms with Crippen LogP contribution in [0.2, 0.25) is 0 Å². The van der Waals surface area contributed by atoms with E-state index in [9.17, 15) is 0 Å². The molecule has 0 radical (unpaired) electrons. The van der Waals surface area contributed by atoms with E-state index in [1.807, 2.05) is 30.7 Å². The number of hydrogen-bond donors (Lipinski definition) is 1. The third-order valence-electron chi connectivity index (χ3n) is 5.34. The molecular weight excluding hydrogens is 354 g/mol. The van der Waals surface area contributed by atoms with E-state index in [-0.39, 0.29) is 0 Å². The summed E-state index contributed by atoms with van der Waals surface area (Å²) in [6.45, 7) is 7.68. The molecule has 2 atom stereocenters. The largest absolute Gasteiger partial charge is 0.493 e. The van der Waals surface area contributed by atoms with Gasteiger partial charge in [-0.1, -0.05) is 19.1 Å². The van der Waals surface area contributed by atoms with Gasteiger partial charge < -0.3 is 24.3 Å². The van der Waals surface area contributed by atoms with Crippen molar-refractivity contribution >= 4 is 5.96 Å². The van der Waals surface area contributed by atoms with E-state index in [1.54, 1.807) is 14.2 Å². The summed E-state index contributed by atoms with van der Waals surface area (Å²) in [5.74, 6) is 3.01. The number of ether oxygens (including phenoxy) is 2. The molecule has 1 aromatic heterocycles. The van der Waals surface area contributed by atoms with E-state index in [2.05, 4.69) is 39.8 Å². The summed E-state index contributed by atoms with van der Waals surface area (Å²) in [6.07, 6.45) is 6.93. The fourth-order valence-electron chi connectivity index (χ4n) is 3.76. The summed E-state index contributed by atoms with van der Waals surface area (Å²) in [7, 11) is 3.32. The third-order valence-corrected chi connectivity index (χ3v) is 5.34. The minimum absolute atomic E-state index is 0.395. The molecule has 28 heavy (non-hydrogen) atoms. The number of rotatable bonds is 6. The summed E-state index contributed by atoms with van der Waals surface area (Å²) in [6, 6.07) is 6.29. The summed E-state index contributed by atoms with van der Waals surface area (Å²) in [5.41, 5.74) is 1.01. The van der Waals surface area contributed by atoms with Crippen molar-refractivity contribution in [1.29, 1.82) is 0 Å². The molecule has 1 N–H and O–H groups in total. The van der Waals surface area contributed by atoms with E-state index < -0.39 is 0 Å². The molecule has 1 aliphatic heterocycles. The maximum absolute atomic E-state index is 5.55. The first-order chi connectivity index (χ1) is 13.7. The zero-order valence-electron chi connectivity index (χ0n) is 17.3. The Labute approximate surface area is 167 Å². The molecule has 1 aromatic carbocycles. The van der Waals surface area contributed by atoms with Crippen molar-refractivity contribution in [2.24, 2.45) is 10.9 Å². The van der Waals surface area contributed by atoms with Crippen molar-refractivity contribution in [1.82, 2.24) is 19.8 Å². The fraction of sp³-hybridized carbons (Fsp3) is 0.524. The van der Waals surface area contributed by atoms with Crippen molar-refractivity contribution in [3.63, 3.8) is 0 Å². The smallest absolute Gasteiger partial charge is 0.194 e. The highest BCUT2D eigenvalue weighted by molar-refractivity contribution is 5.80. The number of hydrogen-bond acceptors (Lipinski definition) is 4. The molecule has 2 aromatic rings. The number of benzene rings is 1. The maximum Gasteiger partial charge on any atom is 0.194 e. The predicted molar refractivity (Wildman–Crippen MR) is 111 cm³/mol. The summed E-state index contributed by atoms with van der Waals surface area (Å²) >= 11 is 0. The molecule has 2 heterocycles. The van der Waals surface area contributed by atoms with Crippen LogP contribution in [0.4, 0.5) is 0 Å². The molecule has 7 nitrogen and oxygen atoms in total. The Morgan fingerprint density at radius 2 is 2.18 bits per heavy atom. The van der Waals surface area contributed by atoms with Crippen LogP contribution in [0.25, 0.3) is 0 Å². The van der Waals surface area contributed by atoms with Gasteiger partial charge in [-0.05, 0) is 25.3 Å². The standard InChI is InChI=1S/C21H31N5O2/c1-5-23-21(24-13-17-7-6-8-19(27-3)20(17)28-4)25-11-9-16(2)18(14-25)26-12-10-22-15-26/h6-8,10,12,15-16,18H,5,9,11,13-14H2,1-4H3,(H,23,24). The monoisotopic (exact) mass is 385 g/mol. The van der Waals surface area contributed by atoms with Gasteiger partial charge in [0.25, 0.3) is 0 Å². The van der Waals surface area contributed by atoms with Crippen LogP contribution >= 0.6 is 0 Å². The van der Waals surface area contributed by atoms with Gasteiger partial charge in [-0.2, -0.15) is 0 Å². The van der Waals surface area contributed by atoms with E-state index in [0.717, 1.165) is 49.1 Å². The lowest BCUT2D eigenvalue weighted by atomic mass is 9.93. The molecule has 0 bridgehead atoms. The van der Waals surface area contributed by atoms with Gasteiger partial charge in [0.1, 0.15) is 0 Å². The molecule has 0 aliphatic carbocycles. The van der Waals surface area contributed by atoms with Gasteiger partial charge in [0.05, 0.1) is 33.1 Å². The van der Waals surface area contributed by atoms with Crippen LogP contribution < -0.4 is 14.8 Å². The second-order valence-electron chi connectivity index (χ2n) is 7.11. The van der Waals surface area contributed by atoms with Crippen LogP contribution in [-0.2, 0) is 6.54 Å². The van der Waals surface area contributed by atoms with Gasteiger partial charge in [0, 0.05) is 37.6 Å². The number of piperidine rings is 1. The SMILES string of the molecule is CCNC(=NCc1cccc(OC)c1OC)N1CCC(C)C(n2ccnc2)C1. The topological polar surface area (TPSA) is 63.9 Å². The predicted octanol–water partition coefficient (Wildman–Crippen LogP) is 2.95. The number of guanidine groups is 1. The Morgan fingerprint density at radius 3 is 2.86 bits per heavy atom. The fourth-order valence-corrected chi connectivity index (χ4v) is 3.76. The van der Waals surface area contributed by atoms with Crippen LogP contribution in [0.3, 0.4) is 0 Å². The average molecular weight is 386 g/mol. The molecule has 0 spiro atoms. The molecule has 152 valence electrons. The van der Waals surface area contributed by atoms with Gasteiger partial charge in [-0.3, -0.25) is 0 Å². The lowest BCUT2D eigenvalue weighted by Gasteiger charge is -2.39. The Hall–Kier alpha value is -2.70. The number of nitrogens with one attached hydrogen (secondary N) is 1. The zero-order chi connectivity index (χ0) is 19.9. The first-order valence-electron chi connectivity index (χ1n) is 9.88. The van der Waals surface area contributed by atoms with Crippen molar-refractivity contribution in [2.75, 3.05) is 33.9 Å². The maximum atomic E-state index is 5.55. The minimum Gasteiger partial charge on any atom is -0.493 e. The van der Waals surface area contributed by atoms with E-state index in [0.29, 0.717) is 18.5 Å². The summed E-state index contributed by atoms with van der Waals surface area (Å²) < 4.78 is 13.2. The third kappa shape index (κ3) is 4.40. The van der Waals surface area contributed by atoms with E-state index in [1.165, 1.54) is 0 Å². The van der Waals surface area contributed by atoms with E-state index in [4.69, 9.17) is 14.5 Å². The van der Waals surface area contributed by atoms with Gasteiger partial charge in [-0.25, -0.2) is 9.98 Å². The summed E-state index contributed by atoms with van der Waals surface area (Å²) in [5, 5.41) is 3.45. The number of para-hydroxylation sites is 1. The van der Waals surface area contributed by atoms with Crippen LogP contribution in [0.5, 0.6) is 11.5 Å². The van der Waals surface area contributed by atoms with Gasteiger partial charge in [0.2, 0.25) is 0 Å². The second kappa shape index (κ2) is 9.48. The van der Waals surface area contributed by atoms with Crippen LogP contribution in [0, 0.1) is 5.92 Å². The number of aliphatic imine (C=N–C) groups is 1. The molecule has 1 aliphatic rings. The van der Waals surface area contributed by atoms with Crippen molar-refractivity contribution < 1.29 is 9.47 Å². The number of imidazole rings is 1. The normalized spacial score (nSPS) is 20.1. The molecule has 1 saturated heterocycles. The first kappa shape index (κ1) is 20.0. The van der Waals surface area contributed by atoms with Crippen molar-refractivity contribution in [2.45, 2.75) is 32.9 Å². The molecule has 0 saturated carbocycles. The minimum atomic E-state index is 0.395. The molecule has 2 unspecified atom stereocenters. The second-order valence-corrected chi connectivity index (χ2v) is 7.11. The number of likely N-dealkylation sites (tertiary alicyclic amines) is 1. The number of methoxy groups -OCH3 is 2. The van der Waals surface area contributed by atoms with Gasteiger partial charge in [-0.15, -0.1) is 0 Å². The van der Waals surface area contributed by atoms with Gasteiger partial charge >= 0.3 is 0 Å². The van der Waals surface area contributed by atoms with Gasteiger partial charge in [0.15, 0.2) is 17.5 Å². The highest BCUT2D eigenvalue weighted by atomic mass is 16.5. The molecule has 3 rings (SSSR count). The van der Waals surface area contributed by atoms with Crippen molar-refractivity contribution in [3.05, 3.63) is 42.5 Å². The lowest BCUT2D eigenvalue weighted by molar-refractivity contribution is 0.189. The number of nitrogens with zero attached hydrogens (tertiary/aromatic N) is 4.